The van der Waals surface area contributed by atoms with Gasteiger partial charge in [-0.15, -0.1) is 0 Å². The van der Waals surface area contributed by atoms with Crippen LogP contribution >= 0.6 is 0 Å². The van der Waals surface area contributed by atoms with Crippen molar-refractivity contribution in [1.82, 2.24) is 4.98 Å². The summed E-state index contributed by atoms with van der Waals surface area (Å²) in [6.45, 7) is 1.84. The highest BCUT2D eigenvalue weighted by atomic mass is 16.5. The highest BCUT2D eigenvalue weighted by Crippen LogP contribution is 2.28. The molecule has 106 valence electrons. The third-order valence-corrected chi connectivity index (χ3v) is 3.03. The number of aromatic nitrogens is 1. The summed E-state index contributed by atoms with van der Waals surface area (Å²) in [5.41, 5.74) is 2.43. The van der Waals surface area contributed by atoms with Crippen molar-refractivity contribution < 1.29 is 14.3 Å². The Morgan fingerprint density at radius 3 is 3.00 bits per heavy atom. The number of benzene rings is 1. The molecule has 0 saturated carbocycles. The number of anilines is 2. The summed E-state index contributed by atoms with van der Waals surface area (Å²) >= 11 is 0. The molecule has 6 heteroatoms. The molecule has 6 nitrogen and oxygen atoms in total. The first-order valence-electron chi connectivity index (χ1n) is 6.42. The fraction of sp³-hybridized carbons (Fsp3) is 0.133. The number of hydrogen-bond donors (Lipinski definition) is 2. The maximum absolute atomic E-state index is 12.2. The molecule has 2 aromatic rings. The molecule has 0 saturated heterocycles. The van der Waals surface area contributed by atoms with Crippen molar-refractivity contribution in [2.24, 2.45) is 0 Å². The third kappa shape index (κ3) is 2.84. The Labute approximate surface area is 121 Å². The zero-order valence-electron chi connectivity index (χ0n) is 11.3. The summed E-state index contributed by atoms with van der Waals surface area (Å²) in [6, 6.07) is 8.41. The Morgan fingerprint density at radius 2 is 2.19 bits per heavy atom. The molecule has 2 heterocycles. The molecule has 2 N–H and O–H groups in total. The van der Waals surface area contributed by atoms with E-state index in [0.29, 0.717) is 22.7 Å². The van der Waals surface area contributed by atoms with Gasteiger partial charge in [0.15, 0.2) is 6.61 Å². The van der Waals surface area contributed by atoms with E-state index in [9.17, 15) is 9.59 Å². The minimum atomic E-state index is -0.261. The Morgan fingerprint density at radius 1 is 1.33 bits per heavy atom. The molecule has 0 spiro atoms. The summed E-state index contributed by atoms with van der Waals surface area (Å²) in [7, 11) is 0. The minimum Gasteiger partial charge on any atom is -0.482 e. The van der Waals surface area contributed by atoms with E-state index in [0.717, 1.165) is 5.69 Å². The average molecular weight is 283 g/mol. The van der Waals surface area contributed by atoms with Crippen molar-refractivity contribution in [2.75, 3.05) is 17.2 Å². The summed E-state index contributed by atoms with van der Waals surface area (Å²) in [6.07, 6.45) is 1.63. The Bertz CT molecular complexity index is 728. The van der Waals surface area contributed by atoms with Crippen molar-refractivity contribution in [2.45, 2.75) is 6.92 Å². The number of fused-ring (bicyclic) bond motifs is 1. The van der Waals surface area contributed by atoms with Gasteiger partial charge >= 0.3 is 0 Å². The first kappa shape index (κ1) is 13.1. The number of carbonyl (C=O) groups excluding carboxylic acids is 2. The lowest BCUT2D eigenvalue weighted by molar-refractivity contribution is -0.118. The zero-order valence-corrected chi connectivity index (χ0v) is 11.3. The molecule has 0 atom stereocenters. The Balaban J connectivity index is 1.82. The van der Waals surface area contributed by atoms with E-state index in [1.807, 2.05) is 6.92 Å². The first-order chi connectivity index (χ1) is 10.1. The quantitative estimate of drug-likeness (QED) is 0.883. The van der Waals surface area contributed by atoms with Gasteiger partial charge in [-0.05, 0) is 37.3 Å². The Hall–Kier alpha value is -2.89. The van der Waals surface area contributed by atoms with Gasteiger partial charge in [0, 0.05) is 23.1 Å². The smallest absolute Gasteiger partial charge is 0.262 e. The summed E-state index contributed by atoms with van der Waals surface area (Å²) < 4.78 is 5.25. The van der Waals surface area contributed by atoms with Gasteiger partial charge in [0.2, 0.25) is 0 Å². The third-order valence-electron chi connectivity index (χ3n) is 3.03. The van der Waals surface area contributed by atoms with Gasteiger partial charge in [-0.3, -0.25) is 14.6 Å². The molecule has 1 aromatic carbocycles. The second-order valence-electron chi connectivity index (χ2n) is 4.69. The largest absolute Gasteiger partial charge is 0.482 e. The van der Waals surface area contributed by atoms with Gasteiger partial charge in [0.25, 0.3) is 11.8 Å². The lowest BCUT2D eigenvalue weighted by atomic mass is 10.1. The molecule has 0 fully saturated rings. The van der Waals surface area contributed by atoms with Crippen molar-refractivity contribution in [3.63, 3.8) is 0 Å². The van der Waals surface area contributed by atoms with Crippen LogP contribution in [0, 0.1) is 6.92 Å². The van der Waals surface area contributed by atoms with E-state index >= 15 is 0 Å². The highest BCUT2D eigenvalue weighted by Gasteiger charge is 2.17. The van der Waals surface area contributed by atoms with E-state index in [2.05, 4.69) is 15.6 Å². The SMILES string of the molecule is Cc1cc(NC(=O)c2ccc3c(c2)NC(=O)CO3)ccn1. The average Bonchev–Trinajstić information content (AvgIpc) is 2.46. The van der Waals surface area contributed by atoms with Crippen molar-refractivity contribution in [3.8, 4) is 5.75 Å². The maximum atomic E-state index is 12.2. The second kappa shape index (κ2) is 5.24. The van der Waals surface area contributed by atoms with Gasteiger partial charge in [0.05, 0.1) is 5.69 Å². The normalized spacial score (nSPS) is 12.9. The molecule has 1 aliphatic rings. The van der Waals surface area contributed by atoms with Gasteiger partial charge < -0.3 is 15.4 Å². The number of nitrogens with one attached hydrogen (secondary N) is 2. The van der Waals surface area contributed by atoms with E-state index in [1.54, 1.807) is 36.5 Å². The van der Waals surface area contributed by atoms with Gasteiger partial charge in [0.1, 0.15) is 5.75 Å². The number of aryl methyl sites for hydroxylation is 1. The highest BCUT2D eigenvalue weighted by molar-refractivity contribution is 6.06. The van der Waals surface area contributed by atoms with E-state index in [4.69, 9.17) is 4.74 Å². The van der Waals surface area contributed by atoms with Crippen LogP contribution in [-0.4, -0.2) is 23.4 Å². The number of ether oxygens (including phenoxy) is 1. The number of pyridine rings is 1. The van der Waals surface area contributed by atoms with Crippen molar-refractivity contribution in [1.29, 1.82) is 0 Å². The molecule has 0 radical (unpaired) electrons. The van der Waals surface area contributed by atoms with Gasteiger partial charge in [-0.2, -0.15) is 0 Å². The second-order valence-corrected chi connectivity index (χ2v) is 4.69. The number of carbonyl (C=O) groups is 2. The molecule has 0 bridgehead atoms. The van der Waals surface area contributed by atoms with Crippen molar-refractivity contribution in [3.05, 3.63) is 47.8 Å². The fourth-order valence-electron chi connectivity index (χ4n) is 2.05. The lowest BCUT2D eigenvalue weighted by Gasteiger charge is -2.18. The number of nitrogens with zero attached hydrogens (tertiary/aromatic N) is 1. The fourth-order valence-corrected chi connectivity index (χ4v) is 2.05. The van der Waals surface area contributed by atoms with Crippen LogP contribution in [0.25, 0.3) is 0 Å². The van der Waals surface area contributed by atoms with Crippen LogP contribution in [0.15, 0.2) is 36.5 Å². The van der Waals surface area contributed by atoms with Gasteiger partial charge in [-0.1, -0.05) is 0 Å². The standard InChI is InChI=1S/C15H13N3O3/c1-9-6-11(4-5-16-9)17-15(20)10-2-3-13-12(7-10)18-14(19)8-21-13/h2-7H,8H2,1H3,(H,18,19)(H,16,17,20). The number of hydrogen-bond acceptors (Lipinski definition) is 4. The summed E-state index contributed by atoms with van der Waals surface area (Å²) in [5, 5.41) is 5.46. The predicted molar refractivity (Wildman–Crippen MR) is 77.5 cm³/mol. The van der Waals surface area contributed by atoms with Crippen LogP contribution in [0.4, 0.5) is 11.4 Å². The van der Waals surface area contributed by atoms with Crippen molar-refractivity contribution >= 4 is 23.2 Å². The molecular formula is C15H13N3O3. The zero-order chi connectivity index (χ0) is 14.8. The van der Waals surface area contributed by atoms with Crippen LogP contribution < -0.4 is 15.4 Å². The molecule has 21 heavy (non-hydrogen) atoms. The van der Waals surface area contributed by atoms with Gasteiger partial charge in [-0.25, -0.2) is 0 Å². The minimum absolute atomic E-state index is 0.00512. The summed E-state index contributed by atoms with van der Waals surface area (Å²) in [5.74, 6) is 0.0685. The monoisotopic (exact) mass is 283 g/mol. The molecule has 0 unspecified atom stereocenters. The molecule has 1 aliphatic heterocycles. The molecule has 3 rings (SSSR count). The topological polar surface area (TPSA) is 80.3 Å². The molecule has 1 aromatic heterocycles. The first-order valence-corrected chi connectivity index (χ1v) is 6.42. The molecule has 0 aliphatic carbocycles. The van der Waals surface area contributed by atoms with E-state index < -0.39 is 0 Å². The predicted octanol–water partition coefficient (Wildman–Crippen LogP) is 1.97. The van der Waals surface area contributed by atoms with Crippen LogP contribution in [0.5, 0.6) is 5.75 Å². The van der Waals surface area contributed by atoms with E-state index in [-0.39, 0.29) is 18.4 Å². The Kier molecular flexibility index (Phi) is 3.27. The van der Waals surface area contributed by atoms with Crippen LogP contribution in [0.1, 0.15) is 16.1 Å². The maximum Gasteiger partial charge on any atom is 0.262 e. The molecular weight excluding hydrogens is 270 g/mol. The summed E-state index contributed by atoms with van der Waals surface area (Å²) in [4.78, 5) is 27.6. The molecule has 2 amide bonds. The lowest BCUT2D eigenvalue weighted by Crippen LogP contribution is -2.25. The van der Waals surface area contributed by atoms with E-state index in [1.165, 1.54) is 0 Å². The van der Waals surface area contributed by atoms with Crippen LogP contribution in [0.3, 0.4) is 0 Å². The number of rotatable bonds is 2. The van der Waals surface area contributed by atoms with Crippen LogP contribution in [0.2, 0.25) is 0 Å². The number of amides is 2. The van der Waals surface area contributed by atoms with Crippen LogP contribution in [-0.2, 0) is 4.79 Å².